The van der Waals surface area contributed by atoms with Crippen LogP contribution in [-0.4, -0.2) is 31.0 Å². The average Bonchev–Trinajstić information content (AvgIpc) is 3.53. The first-order valence-electron chi connectivity index (χ1n) is 10.4. The van der Waals surface area contributed by atoms with Gasteiger partial charge in [0.05, 0.1) is 22.7 Å². The maximum absolute atomic E-state index is 12.8. The van der Waals surface area contributed by atoms with E-state index in [4.69, 9.17) is 9.15 Å². The fourth-order valence-electron chi connectivity index (χ4n) is 3.67. The summed E-state index contributed by atoms with van der Waals surface area (Å²) in [5.74, 6) is -0.153. The van der Waals surface area contributed by atoms with Crippen molar-refractivity contribution in [3.63, 3.8) is 0 Å². The summed E-state index contributed by atoms with van der Waals surface area (Å²) in [5.41, 5.74) is 1.92. The predicted octanol–water partition coefficient (Wildman–Crippen LogP) is 3.09. The second-order valence-electron chi connectivity index (χ2n) is 7.67. The SMILES string of the molecule is Cc1ccc(C(=O)OCc2nnc3n(C)c(=O)c4ccccc4n23)cc1NC(=O)c1ccco1. The monoisotopic (exact) mass is 457 g/mol. The summed E-state index contributed by atoms with van der Waals surface area (Å²) in [5, 5.41) is 11.4. The van der Waals surface area contributed by atoms with Crippen LogP contribution >= 0.6 is 0 Å². The number of nitrogens with one attached hydrogen (secondary N) is 1. The number of hydrogen-bond acceptors (Lipinski definition) is 7. The fourth-order valence-corrected chi connectivity index (χ4v) is 3.67. The van der Waals surface area contributed by atoms with Gasteiger partial charge in [-0.25, -0.2) is 4.79 Å². The lowest BCUT2D eigenvalue weighted by Crippen LogP contribution is -2.20. The van der Waals surface area contributed by atoms with Crippen LogP contribution in [0, 0.1) is 6.92 Å². The molecular weight excluding hydrogens is 438 g/mol. The van der Waals surface area contributed by atoms with Crippen molar-refractivity contribution < 1.29 is 18.7 Å². The van der Waals surface area contributed by atoms with Crippen LogP contribution in [0.15, 0.2) is 70.1 Å². The van der Waals surface area contributed by atoms with Crippen molar-refractivity contribution in [2.24, 2.45) is 7.05 Å². The third kappa shape index (κ3) is 3.60. The molecule has 1 N–H and O–H groups in total. The molecule has 0 saturated heterocycles. The molecule has 1 amide bonds. The molecular formula is C24H19N5O5. The van der Waals surface area contributed by atoms with Crippen molar-refractivity contribution in [3.05, 3.63) is 93.9 Å². The molecule has 34 heavy (non-hydrogen) atoms. The van der Waals surface area contributed by atoms with Crippen LogP contribution in [0.5, 0.6) is 0 Å². The zero-order chi connectivity index (χ0) is 23.8. The maximum atomic E-state index is 12.8. The Kier molecular flexibility index (Phi) is 5.17. The molecule has 0 aliphatic heterocycles. The fraction of sp³-hybridized carbons (Fsp3) is 0.125. The first-order valence-corrected chi connectivity index (χ1v) is 10.4. The molecule has 3 aromatic heterocycles. The molecule has 3 heterocycles. The van der Waals surface area contributed by atoms with Gasteiger partial charge >= 0.3 is 5.97 Å². The van der Waals surface area contributed by atoms with Gasteiger partial charge in [0.1, 0.15) is 0 Å². The Morgan fingerprint density at radius 2 is 1.91 bits per heavy atom. The van der Waals surface area contributed by atoms with E-state index in [0.717, 1.165) is 5.56 Å². The Morgan fingerprint density at radius 3 is 2.71 bits per heavy atom. The van der Waals surface area contributed by atoms with Crippen LogP contribution in [0.4, 0.5) is 5.69 Å². The van der Waals surface area contributed by atoms with E-state index >= 15 is 0 Å². The number of nitrogens with zero attached hydrogens (tertiary/aromatic N) is 4. The Morgan fingerprint density at radius 1 is 1.09 bits per heavy atom. The lowest BCUT2D eigenvalue weighted by molar-refractivity contribution is 0.0461. The molecule has 0 unspecified atom stereocenters. The van der Waals surface area contributed by atoms with Gasteiger partial charge in [-0.05, 0) is 48.9 Å². The van der Waals surface area contributed by atoms with Gasteiger partial charge in [-0.15, -0.1) is 10.2 Å². The highest BCUT2D eigenvalue weighted by Crippen LogP contribution is 2.20. The van der Waals surface area contributed by atoms with Crippen molar-refractivity contribution in [1.82, 2.24) is 19.2 Å². The van der Waals surface area contributed by atoms with E-state index in [0.29, 0.717) is 28.2 Å². The van der Waals surface area contributed by atoms with Crippen molar-refractivity contribution >= 4 is 34.2 Å². The number of carbonyl (C=O) groups excluding carboxylic acids is 2. The third-order valence-corrected chi connectivity index (χ3v) is 5.49. The number of aromatic nitrogens is 4. The number of para-hydroxylation sites is 1. The molecule has 10 nitrogen and oxygen atoms in total. The number of hydrogen-bond donors (Lipinski definition) is 1. The lowest BCUT2D eigenvalue weighted by atomic mass is 10.1. The van der Waals surface area contributed by atoms with Crippen LogP contribution in [0.1, 0.15) is 32.3 Å². The third-order valence-electron chi connectivity index (χ3n) is 5.49. The van der Waals surface area contributed by atoms with Crippen LogP contribution in [0.25, 0.3) is 16.7 Å². The summed E-state index contributed by atoms with van der Waals surface area (Å²) in [6.07, 6.45) is 1.41. The Hall–Kier alpha value is -4.73. The van der Waals surface area contributed by atoms with Gasteiger partial charge in [-0.1, -0.05) is 18.2 Å². The maximum Gasteiger partial charge on any atom is 0.338 e. The van der Waals surface area contributed by atoms with E-state index < -0.39 is 11.9 Å². The van der Waals surface area contributed by atoms with Crippen LogP contribution in [-0.2, 0) is 18.4 Å². The number of benzene rings is 2. The predicted molar refractivity (Wildman–Crippen MR) is 123 cm³/mol. The van der Waals surface area contributed by atoms with E-state index in [9.17, 15) is 14.4 Å². The van der Waals surface area contributed by atoms with Gasteiger partial charge in [-0.2, -0.15) is 0 Å². The van der Waals surface area contributed by atoms with Crippen LogP contribution in [0.3, 0.4) is 0 Å². The Bertz CT molecular complexity index is 1610. The molecule has 170 valence electrons. The largest absolute Gasteiger partial charge is 0.459 e. The van der Waals surface area contributed by atoms with Gasteiger partial charge in [0.15, 0.2) is 18.2 Å². The molecule has 0 atom stereocenters. The number of carbonyl (C=O) groups is 2. The molecule has 0 aliphatic rings. The molecule has 5 rings (SSSR count). The summed E-state index contributed by atoms with van der Waals surface area (Å²) < 4.78 is 13.7. The molecule has 0 radical (unpaired) electrons. The highest BCUT2D eigenvalue weighted by atomic mass is 16.5. The minimum absolute atomic E-state index is 0.160. The van der Waals surface area contributed by atoms with Crippen molar-refractivity contribution in [1.29, 1.82) is 0 Å². The van der Waals surface area contributed by atoms with Gasteiger partial charge in [0, 0.05) is 12.7 Å². The van der Waals surface area contributed by atoms with E-state index in [-0.39, 0.29) is 23.5 Å². The summed E-state index contributed by atoms with van der Waals surface area (Å²) >= 11 is 0. The number of amides is 1. The number of esters is 1. The first-order chi connectivity index (χ1) is 16.4. The molecule has 0 bridgehead atoms. The highest BCUT2D eigenvalue weighted by Gasteiger charge is 2.18. The number of rotatable bonds is 5. The van der Waals surface area contributed by atoms with Crippen molar-refractivity contribution in [2.75, 3.05) is 5.32 Å². The number of ether oxygens (including phenoxy) is 1. The molecule has 5 aromatic rings. The summed E-state index contributed by atoms with van der Waals surface area (Å²) in [6.45, 7) is 1.65. The average molecular weight is 457 g/mol. The van der Waals surface area contributed by atoms with E-state index in [1.165, 1.54) is 10.8 Å². The van der Waals surface area contributed by atoms with E-state index in [1.54, 1.807) is 60.0 Å². The Balaban J connectivity index is 1.40. The quantitative estimate of drug-likeness (QED) is 0.403. The number of furan rings is 1. The van der Waals surface area contributed by atoms with Gasteiger partial charge in [-0.3, -0.25) is 18.6 Å². The summed E-state index contributed by atoms with van der Waals surface area (Å²) in [4.78, 5) is 37.7. The standard InChI is InChI=1S/C24H19N5O5/c1-14-9-10-15(12-17(14)25-21(30)19-8-5-11-33-19)23(32)34-13-20-26-27-24-28(2)22(31)16-6-3-4-7-18(16)29(20)24/h3-12H,13H2,1-2H3,(H,25,30). The summed E-state index contributed by atoms with van der Waals surface area (Å²) in [6, 6.07) is 15.1. The second kappa shape index (κ2) is 8.32. The molecule has 2 aromatic carbocycles. The minimum Gasteiger partial charge on any atom is -0.459 e. The molecule has 0 aliphatic carbocycles. The van der Waals surface area contributed by atoms with Crippen LogP contribution < -0.4 is 10.9 Å². The molecule has 0 fully saturated rings. The van der Waals surface area contributed by atoms with E-state index in [1.807, 2.05) is 13.0 Å². The minimum atomic E-state index is -0.598. The normalized spacial score (nSPS) is 11.1. The molecule has 10 heteroatoms. The number of anilines is 1. The zero-order valence-electron chi connectivity index (χ0n) is 18.3. The Labute approximate surface area is 192 Å². The lowest BCUT2D eigenvalue weighted by Gasteiger charge is -2.10. The zero-order valence-corrected chi connectivity index (χ0v) is 18.3. The van der Waals surface area contributed by atoms with Crippen molar-refractivity contribution in [3.8, 4) is 0 Å². The smallest absolute Gasteiger partial charge is 0.338 e. The number of fused-ring (bicyclic) bond motifs is 3. The number of aryl methyl sites for hydroxylation is 2. The van der Waals surface area contributed by atoms with Gasteiger partial charge < -0.3 is 14.5 Å². The second-order valence-corrected chi connectivity index (χ2v) is 7.67. The molecule has 0 saturated carbocycles. The van der Waals surface area contributed by atoms with Gasteiger partial charge in [0.25, 0.3) is 11.5 Å². The van der Waals surface area contributed by atoms with Crippen molar-refractivity contribution in [2.45, 2.75) is 13.5 Å². The molecule has 0 spiro atoms. The van der Waals surface area contributed by atoms with Gasteiger partial charge in [0.2, 0.25) is 5.78 Å². The first kappa shape index (κ1) is 21.1. The summed E-state index contributed by atoms with van der Waals surface area (Å²) in [7, 11) is 1.61. The van der Waals surface area contributed by atoms with Crippen LogP contribution in [0.2, 0.25) is 0 Å². The topological polar surface area (TPSA) is 121 Å². The highest BCUT2D eigenvalue weighted by molar-refractivity contribution is 6.03. The van der Waals surface area contributed by atoms with E-state index in [2.05, 4.69) is 15.5 Å².